The van der Waals surface area contributed by atoms with Gasteiger partial charge in [-0.15, -0.1) is 0 Å². The molecule has 0 aliphatic heterocycles. The van der Waals surface area contributed by atoms with Crippen LogP contribution in [0.4, 0.5) is 0 Å². The van der Waals surface area contributed by atoms with Crippen molar-refractivity contribution in [3.05, 3.63) is 34.9 Å². The highest BCUT2D eigenvalue weighted by molar-refractivity contribution is 6.31. The molecule has 0 amide bonds. The molecule has 13 heavy (non-hydrogen) atoms. The molecule has 0 aromatic heterocycles. The van der Waals surface area contributed by atoms with E-state index in [-0.39, 0.29) is 0 Å². The molecule has 0 unspecified atom stereocenters. The standard InChI is InChI=1S/C10H13Cl.CH2O/c1-8(2)7-9-5-3-4-6-10(9)11;1-2/h3-6,8H,7H2,1-2H3;1H2. The number of benzene rings is 1. The molecule has 0 bridgehead atoms. The molecule has 0 aliphatic rings. The fraction of sp³-hybridized carbons (Fsp3) is 0.364. The first-order valence-corrected chi connectivity index (χ1v) is 4.60. The number of hydrogen-bond donors (Lipinski definition) is 0. The summed E-state index contributed by atoms with van der Waals surface area (Å²) in [6, 6.07) is 8.03. The third kappa shape index (κ3) is 4.69. The van der Waals surface area contributed by atoms with Crippen molar-refractivity contribution in [1.82, 2.24) is 0 Å². The predicted octanol–water partition coefficient (Wildman–Crippen LogP) is 3.35. The average molecular weight is 199 g/mol. The zero-order valence-electron chi connectivity index (χ0n) is 8.09. The third-order valence-electron chi connectivity index (χ3n) is 1.59. The van der Waals surface area contributed by atoms with Crippen molar-refractivity contribution in [1.29, 1.82) is 0 Å². The lowest BCUT2D eigenvalue weighted by Crippen LogP contribution is -1.93. The largest absolute Gasteiger partial charge is 0.307 e. The zero-order valence-corrected chi connectivity index (χ0v) is 8.84. The Morgan fingerprint density at radius 2 is 1.85 bits per heavy atom. The number of halogens is 1. The molecule has 0 spiro atoms. The number of carbonyl (C=O) groups excluding carboxylic acids is 1. The van der Waals surface area contributed by atoms with Gasteiger partial charge in [0.15, 0.2) is 0 Å². The van der Waals surface area contributed by atoms with Crippen LogP contribution in [0.3, 0.4) is 0 Å². The summed E-state index contributed by atoms with van der Waals surface area (Å²) in [5.74, 6) is 0.676. The molecule has 0 heterocycles. The Labute approximate surface area is 84.7 Å². The molecule has 2 heteroatoms. The SMILES string of the molecule is C=O.CC(C)Cc1ccccc1Cl. The number of rotatable bonds is 2. The Bertz CT molecular complexity index is 246. The van der Waals surface area contributed by atoms with Gasteiger partial charge >= 0.3 is 0 Å². The van der Waals surface area contributed by atoms with Gasteiger partial charge in [-0.05, 0) is 24.0 Å². The average Bonchev–Trinajstić information content (AvgIpc) is 2.12. The van der Waals surface area contributed by atoms with Gasteiger partial charge in [0.25, 0.3) is 0 Å². The van der Waals surface area contributed by atoms with E-state index < -0.39 is 0 Å². The van der Waals surface area contributed by atoms with Crippen molar-refractivity contribution in [3.8, 4) is 0 Å². The fourth-order valence-corrected chi connectivity index (χ4v) is 1.32. The molecule has 0 fully saturated rings. The van der Waals surface area contributed by atoms with Crippen molar-refractivity contribution in [3.63, 3.8) is 0 Å². The molecule has 0 N–H and O–H groups in total. The van der Waals surface area contributed by atoms with Gasteiger partial charge in [-0.3, -0.25) is 0 Å². The smallest absolute Gasteiger partial charge is 0.106 e. The highest BCUT2D eigenvalue weighted by atomic mass is 35.5. The maximum Gasteiger partial charge on any atom is 0.106 e. The number of carbonyl (C=O) groups is 1. The van der Waals surface area contributed by atoms with E-state index in [2.05, 4.69) is 19.9 Å². The molecular formula is C11H15ClO. The Hall–Kier alpha value is -0.820. The van der Waals surface area contributed by atoms with Crippen molar-refractivity contribution in [2.75, 3.05) is 0 Å². The van der Waals surface area contributed by atoms with Crippen molar-refractivity contribution >= 4 is 18.4 Å². The van der Waals surface area contributed by atoms with E-state index in [4.69, 9.17) is 16.4 Å². The van der Waals surface area contributed by atoms with Crippen LogP contribution in [-0.2, 0) is 11.2 Å². The van der Waals surface area contributed by atoms with E-state index >= 15 is 0 Å². The Morgan fingerprint density at radius 1 is 1.31 bits per heavy atom. The maximum absolute atomic E-state index is 8.00. The van der Waals surface area contributed by atoms with Gasteiger partial charge in [-0.25, -0.2) is 0 Å². The van der Waals surface area contributed by atoms with E-state index in [1.54, 1.807) is 0 Å². The monoisotopic (exact) mass is 198 g/mol. The minimum absolute atomic E-state index is 0.676. The van der Waals surface area contributed by atoms with Crippen LogP contribution >= 0.6 is 11.6 Å². The molecule has 0 atom stereocenters. The van der Waals surface area contributed by atoms with Crippen molar-refractivity contribution in [2.24, 2.45) is 5.92 Å². The van der Waals surface area contributed by atoms with Gasteiger partial charge in [0.05, 0.1) is 0 Å². The molecule has 1 aromatic carbocycles. The Kier molecular flexibility index (Phi) is 6.25. The summed E-state index contributed by atoms with van der Waals surface area (Å²) < 4.78 is 0. The lowest BCUT2D eigenvalue weighted by Gasteiger charge is -2.05. The van der Waals surface area contributed by atoms with Gasteiger partial charge in [0.2, 0.25) is 0 Å². The van der Waals surface area contributed by atoms with Crippen LogP contribution in [-0.4, -0.2) is 6.79 Å². The van der Waals surface area contributed by atoms with E-state index in [1.165, 1.54) is 5.56 Å². The maximum atomic E-state index is 8.00. The molecule has 0 saturated carbocycles. The zero-order chi connectivity index (χ0) is 10.3. The van der Waals surface area contributed by atoms with Gasteiger partial charge in [0.1, 0.15) is 6.79 Å². The topological polar surface area (TPSA) is 17.1 Å². The molecule has 1 aromatic rings. The second kappa shape index (κ2) is 6.67. The first-order valence-electron chi connectivity index (χ1n) is 4.22. The van der Waals surface area contributed by atoms with Crippen LogP contribution in [0.2, 0.25) is 5.02 Å². The highest BCUT2D eigenvalue weighted by Gasteiger charge is 2.00. The summed E-state index contributed by atoms with van der Waals surface area (Å²) in [6.07, 6.45) is 1.07. The minimum atomic E-state index is 0.676. The fourth-order valence-electron chi connectivity index (χ4n) is 1.10. The molecule has 1 rings (SSSR count). The van der Waals surface area contributed by atoms with Crippen LogP contribution in [0.15, 0.2) is 24.3 Å². The Morgan fingerprint density at radius 3 is 2.31 bits per heavy atom. The second-order valence-electron chi connectivity index (χ2n) is 3.19. The summed E-state index contributed by atoms with van der Waals surface area (Å²) in [4.78, 5) is 8.00. The molecule has 1 nitrogen and oxygen atoms in total. The molecule has 0 radical (unpaired) electrons. The van der Waals surface area contributed by atoms with Crippen LogP contribution in [0.25, 0.3) is 0 Å². The Balaban J connectivity index is 0.000000671. The van der Waals surface area contributed by atoms with E-state index in [0.717, 1.165) is 11.4 Å². The summed E-state index contributed by atoms with van der Waals surface area (Å²) in [6.45, 7) is 6.40. The lowest BCUT2D eigenvalue weighted by molar-refractivity contribution is -0.0979. The lowest BCUT2D eigenvalue weighted by atomic mass is 10.0. The van der Waals surface area contributed by atoms with Crippen molar-refractivity contribution in [2.45, 2.75) is 20.3 Å². The normalized spacial score (nSPS) is 9.23. The third-order valence-corrected chi connectivity index (χ3v) is 1.95. The number of hydrogen-bond acceptors (Lipinski definition) is 1. The van der Waals surface area contributed by atoms with Gasteiger partial charge in [-0.2, -0.15) is 0 Å². The van der Waals surface area contributed by atoms with Crippen LogP contribution in [0.1, 0.15) is 19.4 Å². The first-order chi connectivity index (χ1) is 6.20. The summed E-state index contributed by atoms with van der Waals surface area (Å²) in [7, 11) is 0. The van der Waals surface area contributed by atoms with Crippen LogP contribution < -0.4 is 0 Å². The molecule has 0 aliphatic carbocycles. The van der Waals surface area contributed by atoms with Crippen LogP contribution in [0, 0.1) is 5.92 Å². The predicted molar refractivity (Wildman–Crippen MR) is 57.1 cm³/mol. The summed E-state index contributed by atoms with van der Waals surface area (Å²) >= 11 is 5.97. The van der Waals surface area contributed by atoms with Crippen LogP contribution in [0.5, 0.6) is 0 Å². The van der Waals surface area contributed by atoms with E-state index in [9.17, 15) is 0 Å². The molecular weight excluding hydrogens is 184 g/mol. The summed E-state index contributed by atoms with van der Waals surface area (Å²) in [5, 5.41) is 0.890. The quantitative estimate of drug-likeness (QED) is 0.713. The van der Waals surface area contributed by atoms with Crippen molar-refractivity contribution < 1.29 is 4.79 Å². The second-order valence-corrected chi connectivity index (χ2v) is 3.60. The first kappa shape index (κ1) is 12.2. The molecule has 72 valence electrons. The van der Waals surface area contributed by atoms with E-state index in [0.29, 0.717) is 5.92 Å². The highest BCUT2D eigenvalue weighted by Crippen LogP contribution is 2.17. The van der Waals surface area contributed by atoms with Gasteiger partial charge in [-0.1, -0.05) is 43.6 Å². The molecule has 0 saturated heterocycles. The van der Waals surface area contributed by atoms with Gasteiger partial charge in [0, 0.05) is 5.02 Å². The minimum Gasteiger partial charge on any atom is -0.307 e. The van der Waals surface area contributed by atoms with Gasteiger partial charge < -0.3 is 4.79 Å². The summed E-state index contributed by atoms with van der Waals surface area (Å²) in [5.41, 5.74) is 1.25. The van der Waals surface area contributed by atoms with E-state index in [1.807, 2.05) is 25.0 Å².